The molecule has 1 saturated heterocycles. The molecular weight excluding hydrogens is 540 g/mol. The lowest BCUT2D eigenvalue weighted by molar-refractivity contribution is -0.161. The quantitative estimate of drug-likeness (QED) is 0.312. The first-order chi connectivity index (χ1) is 18.3. The number of fused-ring (bicyclic) bond motifs is 1. The topological polar surface area (TPSA) is 124 Å². The molecule has 14 heteroatoms. The molecule has 4 heterocycles. The zero-order valence-corrected chi connectivity index (χ0v) is 21.3. The van der Waals surface area contributed by atoms with Gasteiger partial charge in [0.05, 0.1) is 34.1 Å². The minimum absolute atomic E-state index is 0.140. The number of hydrogen-bond donors (Lipinski definition) is 2. The largest absolute Gasteiger partial charge is 0.394 e. The maximum atomic E-state index is 14.0. The standard InChI is InChI=1S/C24H20ClF2N7O3S/c1-11-29-16-3-2-13(6-21(16)38-11)33-10-28-31-24(33)19-7-18(23(36)20(9-35)37-19)34-8-17(30-32-34)12-4-14(26)22(25)15(27)5-12/h2-6,8,10,18-20,23,35-36H,7,9H2,1H3. The summed E-state index contributed by atoms with van der Waals surface area (Å²) in [4.78, 5) is 4.49. The summed E-state index contributed by atoms with van der Waals surface area (Å²) in [6.45, 7) is 1.49. The van der Waals surface area contributed by atoms with E-state index < -0.39 is 47.6 Å². The molecule has 0 amide bonds. The summed E-state index contributed by atoms with van der Waals surface area (Å²) in [5, 5.41) is 37.7. The van der Waals surface area contributed by atoms with E-state index in [2.05, 4.69) is 25.5 Å². The van der Waals surface area contributed by atoms with E-state index in [9.17, 15) is 19.0 Å². The average Bonchev–Trinajstić information content (AvgIpc) is 3.65. The predicted octanol–water partition coefficient (Wildman–Crippen LogP) is 3.80. The predicted molar refractivity (Wildman–Crippen MR) is 134 cm³/mol. The molecule has 0 saturated carbocycles. The number of ether oxygens (including phenoxy) is 1. The van der Waals surface area contributed by atoms with Crippen molar-refractivity contribution in [3.05, 3.63) is 70.3 Å². The summed E-state index contributed by atoms with van der Waals surface area (Å²) in [5.41, 5.74) is 2.03. The van der Waals surface area contributed by atoms with Crippen LogP contribution in [0.4, 0.5) is 8.78 Å². The van der Waals surface area contributed by atoms with Gasteiger partial charge in [0.1, 0.15) is 47.0 Å². The third-order valence-corrected chi connectivity index (χ3v) is 7.79. The van der Waals surface area contributed by atoms with Crippen LogP contribution < -0.4 is 0 Å². The number of aliphatic hydroxyl groups is 2. The highest BCUT2D eigenvalue weighted by molar-refractivity contribution is 7.18. The van der Waals surface area contributed by atoms with Crippen LogP contribution in [0.3, 0.4) is 0 Å². The Kier molecular flexibility index (Phi) is 6.40. The fraction of sp³-hybridized carbons (Fsp3) is 0.292. The van der Waals surface area contributed by atoms with Crippen molar-refractivity contribution in [2.24, 2.45) is 0 Å². The van der Waals surface area contributed by atoms with Crippen molar-refractivity contribution < 1.29 is 23.7 Å². The summed E-state index contributed by atoms with van der Waals surface area (Å²) >= 11 is 7.16. The van der Waals surface area contributed by atoms with E-state index in [1.54, 1.807) is 22.2 Å². The van der Waals surface area contributed by atoms with Gasteiger partial charge in [0.2, 0.25) is 0 Å². The Labute approximate surface area is 223 Å². The van der Waals surface area contributed by atoms with Crippen LogP contribution in [-0.4, -0.2) is 63.8 Å². The molecule has 0 radical (unpaired) electrons. The second kappa shape index (κ2) is 9.75. The highest BCUT2D eigenvalue weighted by atomic mass is 35.5. The van der Waals surface area contributed by atoms with Crippen LogP contribution in [0.25, 0.3) is 27.2 Å². The molecule has 2 N–H and O–H groups in total. The number of aromatic nitrogens is 7. The van der Waals surface area contributed by atoms with Crippen molar-refractivity contribution in [3.63, 3.8) is 0 Å². The summed E-state index contributed by atoms with van der Waals surface area (Å²) in [6, 6.07) is 7.24. The van der Waals surface area contributed by atoms with E-state index in [4.69, 9.17) is 16.3 Å². The molecule has 3 aromatic heterocycles. The number of thiazole rings is 1. The zero-order valence-electron chi connectivity index (χ0n) is 19.7. The minimum atomic E-state index is -1.14. The Morgan fingerprint density at radius 3 is 2.74 bits per heavy atom. The molecule has 0 spiro atoms. The van der Waals surface area contributed by atoms with Crippen LogP contribution in [-0.2, 0) is 4.74 Å². The fourth-order valence-electron chi connectivity index (χ4n) is 4.65. The van der Waals surface area contributed by atoms with Gasteiger partial charge >= 0.3 is 0 Å². The Morgan fingerprint density at radius 2 is 1.97 bits per heavy atom. The summed E-state index contributed by atoms with van der Waals surface area (Å²) in [6.07, 6.45) is 0.493. The van der Waals surface area contributed by atoms with Gasteiger partial charge in [-0.1, -0.05) is 16.8 Å². The summed E-state index contributed by atoms with van der Waals surface area (Å²) < 4.78 is 38.2. The Bertz CT molecular complexity index is 1620. The van der Waals surface area contributed by atoms with E-state index in [0.717, 1.165) is 33.0 Å². The first kappa shape index (κ1) is 24.9. The average molecular weight is 560 g/mol. The Hall–Kier alpha value is -3.36. The maximum Gasteiger partial charge on any atom is 0.166 e. The molecule has 1 fully saturated rings. The van der Waals surface area contributed by atoms with Gasteiger partial charge in [-0.3, -0.25) is 4.57 Å². The van der Waals surface area contributed by atoms with Crippen LogP contribution in [0.1, 0.15) is 29.4 Å². The van der Waals surface area contributed by atoms with Crippen molar-refractivity contribution in [1.29, 1.82) is 0 Å². The molecule has 38 heavy (non-hydrogen) atoms. The second-order valence-electron chi connectivity index (χ2n) is 8.92. The molecule has 2 aromatic carbocycles. The first-order valence-corrected chi connectivity index (χ1v) is 12.8. The molecule has 0 bridgehead atoms. The monoisotopic (exact) mass is 559 g/mol. The van der Waals surface area contributed by atoms with Crippen LogP contribution in [0, 0.1) is 18.6 Å². The lowest BCUT2D eigenvalue weighted by Gasteiger charge is -2.38. The smallest absolute Gasteiger partial charge is 0.166 e. The molecule has 10 nitrogen and oxygen atoms in total. The van der Waals surface area contributed by atoms with Crippen LogP contribution in [0.5, 0.6) is 0 Å². The second-order valence-corrected chi connectivity index (χ2v) is 10.5. The molecule has 1 aliphatic rings. The lowest BCUT2D eigenvalue weighted by atomic mass is 9.95. The number of benzene rings is 2. The van der Waals surface area contributed by atoms with Crippen molar-refractivity contribution in [2.75, 3.05) is 6.61 Å². The number of nitrogens with zero attached hydrogens (tertiary/aromatic N) is 7. The van der Waals surface area contributed by atoms with E-state index >= 15 is 0 Å². The number of aliphatic hydroxyl groups excluding tert-OH is 2. The number of hydrogen-bond acceptors (Lipinski definition) is 9. The van der Waals surface area contributed by atoms with E-state index in [1.807, 2.05) is 25.1 Å². The van der Waals surface area contributed by atoms with Gasteiger partial charge in [-0.15, -0.1) is 26.6 Å². The van der Waals surface area contributed by atoms with Crippen molar-refractivity contribution in [1.82, 2.24) is 34.7 Å². The van der Waals surface area contributed by atoms with Crippen molar-refractivity contribution in [3.8, 4) is 16.9 Å². The van der Waals surface area contributed by atoms with Crippen LogP contribution >= 0.6 is 22.9 Å². The van der Waals surface area contributed by atoms with E-state index in [1.165, 1.54) is 10.9 Å². The van der Waals surface area contributed by atoms with Gasteiger partial charge < -0.3 is 14.9 Å². The van der Waals surface area contributed by atoms with E-state index in [-0.39, 0.29) is 17.7 Å². The Morgan fingerprint density at radius 1 is 1.18 bits per heavy atom. The number of aryl methyl sites for hydroxylation is 1. The maximum absolute atomic E-state index is 14.0. The molecule has 6 rings (SSSR count). The normalized spacial score (nSPS) is 21.8. The fourth-order valence-corrected chi connectivity index (χ4v) is 5.62. The van der Waals surface area contributed by atoms with Gasteiger partial charge in [-0.05, 0) is 37.3 Å². The molecule has 4 unspecified atom stereocenters. The molecule has 4 atom stereocenters. The van der Waals surface area contributed by atoms with Crippen LogP contribution in [0.2, 0.25) is 5.02 Å². The SMILES string of the molecule is Cc1nc2ccc(-n3cnnc3C3CC(n4cc(-c5cc(F)c(Cl)c(F)c5)nn4)C(O)C(CO)O3)cc2s1. The van der Waals surface area contributed by atoms with Gasteiger partial charge in [-0.2, -0.15) is 0 Å². The van der Waals surface area contributed by atoms with Gasteiger partial charge in [-0.25, -0.2) is 18.4 Å². The number of rotatable bonds is 5. The highest BCUT2D eigenvalue weighted by Gasteiger charge is 2.41. The third-order valence-electron chi connectivity index (χ3n) is 6.50. The first-order valence-electron chi connectivity index (χ1n) is 11.6. The minimum Gasteiger partial charge on any atom is -0.394 e. The van der Waals surface area contributed by atoms with Gasteiger partial charge in [0, 0.05) is 17.7 Å². The van der Waals surface area contributed by atoms with Gasteiger partial charge in [0.25, 0.3) is 0 Å². The molecule has 5 aromatic rings. The number of halogens is 3. The van der Waals surface area contributed by atoms with E-state index in [0.29, 0.717) is 5.82 Å². The molecule has 196 valence electrons. The third kappa shape index (κ3) is 4.35. The zero-order chi connectivity index (χ0) is 26.6. The molecule has 1 aliphatic heterocycles. The molecular formula is C24H20ClF2N7O3S. The van der Waals surface area contributed by atoms with Crippen molar-refractivity contribution in [2.45, 2.75) is 37.7 Å². The van der Waals surface area contributed by atoms with Gasteiger partial charge in [0.15, 0.2) is 5.82 Å². The lowest BCUT2D eigenvalue weighted by Crippen LogP contribution is -2.45. The summed E-state index contributed by atoms with van der Waals surface area (Å²) in [5.74, 6) is -1.37. The van der Waals surface area contributed by atoms with Crippen molar-refractivity contribution >= 4 is 33.2 Å². The molecule has 0 aliphatic carbocycles. The highest BCUT2D eigenvalue weighted by Crippen LogP contribution is 2.38. The summed E-state index contributed by atoms with van der Waals surface area (Å²) in [7, 11) is 0. The Balaban J connectivity index is 1.33. The van der Waals surface area contributed by atoms with Crippen LogP contribution in [0.15, 0.2) is 42.9 Å².